The smallest absolute Gasteiger partial charge is 0.228 e. The van der Waals surface area contributed by atoms with Gasteiger partial charge in [0.2, 0.25) is 11.9 Å². The van der Waals surface area contributed by atoms with E-state index in [0.717, 1.165) is 5.56 Å². The van der Waals surface area contributed by atoms with Gasteiger partial charge in [0, 0.05) is 5.02 Å². The number of nitrogen functional groups attached to an aromatic ring is 2. The van der Waals surface area contributed by atoms with E-state index in [2.05, 4.69) is 15.3 Å². The van der Waals surface area contributed by atoms with E-state index in [9.17, 15) is 4.79 Å². The molecular formula is C16H13Cl2N5O. The molecule has 2 aromatic carbocycles. The Morgan fingerprint density at radius 3 is 2.46 bits per heavy atom. The van der Waals surface area contributed by atoms with Crippen molar-refractivity contribution in [2.45, 2.75) is 6.42 Å². The Balaban J connectivity index is 1.86. The summed E-state index contributed by atoms with van der Waals surface area (Å²) in [5.74, 6) is 0.0143. The first-order chi connectivity index (χ1) is 11.4. The number of halogens is 2. The van der Waals surface area contributed by atoms with Gasteiger partial charge < -0.3 is 16.8 Å². The predicted octanol–water partition coefficient (Wildman–Crippen LogP) is 3.28. The van der Waals surface area contributed by atoms with E-state index in [1.54, 1.807) is 36.4 Å². The number of hydrogen-bond acceptors (Lipinski definition) is 5. The number of fused-ring (bicyclic) bond motifs is 1. The quantitative estimate of drug-likeness (QED) is 0.663. The van der Waals surface area contributed by atoms with E-state index in [-0.39, 0.29) is 29.1 Å². The van der Waals surface area contributed by atoms with Gasteiger partial charge in [-0.2, -0.15) is 4.98 Å². The van der Waals surface area contributed by atoms with E-state index >= 15 is 0 Å². The molecule has 3 aromatic rings. The van der Waals surface area contributed by atoms with Crippen LogP contribution in [0, 0.1) is 0 Å². The maximum atomic E-state index is 12.2. The number of aromatic nitrogens is 2. The molecule has 122 valence electrons. The lowest BCUT2D eigenvalue weighted by atomic mass is 10.1. The van der Waals surface area contributed by atoms with E-state index in [1.807, 2.05) is 0 Å². The van der Waals surface area contributed by atoms with Crippen molar-refractivity contribution in [1.82, 2.24) is 9.97 Å². The average molecular weight is 362 g/mol. The zero-order valence-corrected chi connectivity index (χ0v) is 13.9. The van der Waals surface area contributed by atoms with Gasteiger partial charge in [0.05, 0.1) is 28.0 Å². The van der Waals surface area contributed by atoms with E-state index < -0.39 is 0 Å². The first-order valence-electron chi connectivity index (χ1n) is 6.99. The van der Waals surface area contributed by atoms with Crippen LogP contribution < -0.4 is 16.8 Å². The topological polar surface area (TPSA) is 107 Å². The van der Waals surface area contributed by atoms with Gasteiger partial charge in [-0.25, -0.2) is 4.98 Å². The number of hydrogen-bond donors (Lipinski definition) is 3. The largest absolute Gasteiger partial charge is 0.383 e. The number of anilines is 3. The maximum absolute atomic E-state index is 12.2. The molecular weight excluding hydrogens is 349 g/mol. The molecule has 1 amide bonds. The minimum atomic E-state index is -0.214. The number of benzene rings is 2. The molecule has 0 bridgehead atoms. The van der Waals surface area contributed by atoms with Gasteiger partial charge in [0.25, 0.3) is 0 Å². The molecule has 24 heavy (non-hydrogen) atoms. The van der Waals surface area contributed by atoms with Gasteiger partial charge in [-0.05, 0) is 29.8 Å². The highest BCUT2D eigenvalue weighted by Crippen LogP contribution is 2.33. The Labute approximate surface area is 147 Å². The van der Waals surface area contributed by atoms with Crippen molar-refractivity contribution in [1.29, 1.82) is 0 Å². The Kier molecular flexibility index (Phi) is 4.42. The van der Waals surface area contributed by atoms with E-state index in [0.29, 0.717) is 21.6 Å². The summed E-state index contributed by atoms with van der Waals surface area (Å²) in [6, 6.07) is 10.4. The molecule has 6 nitrogen and oxygen atoms in total. The molecule has 0 spiro atoms. The van der Waals surface area contributed by atoms with Crippen molar-refractivity contribution in [3.8, 4) is 0 Å². The van der Waals surface area contributed by atoms with Crippen LogP contribution in [-0.2, 0) is 11.2 Å². The van der Waals surface area contributed by atoms with E-state index in [4.69, 9.17) is 34.7 Å². The summed E-state index contributed by atoms with van der Waals surface area (Å²) in [5, 5.41) is 4.10. The van der Waals surface area contributed by atoms with Crippen LogP contribution in [0.3, 0.4) is 0 Å². The van der Waals surface area contributed by atoms with Crippen LogP contribution in [-0.4, -0.2) is 15.9 Å². The SMILES string of the molecule is Nc1nc(N)c2c(Cl)c(NC(=O)Cc3ccc(Cl)cc3)ccc2n1. The summed E-state index contributed by atoms with van der Waals surface area (Å²) in [4.78, 5) is 20.2. The number of nitrogens with two attached hydrogens (primary N) is 2. The Morgan fingerprint density at radius 1 is 1.04 bits per heavy atom. The summed E-state index contributed by atoms with van der Waals surface area (Å²) >= 11 is 12.2. The Bertz CT molecular complexity index is 928. The zero-order chi connectivity index (χ0) is 17.3. The van der Waals surface area contributed by atoms with Gasteiger partial charge in [0.15, 0.2) is 0 Å². The number of carbonyl (C=O) groups is 1. The van der Waals surface area contributed by atoms with Gasteiger partial charge in [-0.1, -0.05) is 35.3 Å². The summed E-state index contributed by atoms with van der Waals surface area (Å²) in [5.41, 5.74) is 13.2. The van der Waals surface area contributed by atoms with Crippen molar-refractivity contribution in [2.75, 3.05) is 16.8 Å². The first-order valence-corrected chi connectivity index (χ1v) is 7.75. The fourth-order valence-corrected chi connectivity index (χ4v) is 2.74. The molecule has 1 heterocycles. The molecule has 5 N–H and O–H groups in total. The maximum Gasteiger partial charge on any atom is 0.228 e. The second-order valence-electron chi connectivity index (χ2n) is 5.14. The van der Waals surface area contributed by atoms with E-state index in [1.165, 1.54) is 0 Å². The third kappa shape index (κ3) is 3.34. The highest BCUT2D eigenvalue weighted by Gasteiger charge is 2.13. The standard InChI is InChI=1S/C16H13Cl2N5O/c17-9-3-1-8(2-4-9)7-12(24)21-11-6-5-10-13(14(11)18)15(19)23-16(20)22-10/h1-6H,7H2,(H,21,24)(H4,19,20,22,23). The number of carbonyl (C=O) groups excluding carboxylic acids is 1. The van der Waals surface area contributed by atoms with Crippen molar-refractivity contribution in [3.63, 3.8) is 0 Å². The fraction of sp³-hybridized carbons (Fsp3) is 0.0625. The minimum absolute atomic E-state index is 0.0654. The second-order valence-corrected chi connectivity index (χ2v) is 5.95. The third-order valence-corrected chi connectivity index (χ3v) is 4.04. The summed E-state index contributed by atoms with van der Waals surface area (Å²) in [7, 11) is 0. The molecule has 0 fully saturated rings. The van der Waals surface area contributed by atoms with Crippen molar-refractivity contribution in [3.05, 3.63) is 52.0 Å². The van der Waals surface area contributed by atoms with Crippen LogP contribution in [0.2, 0.25) is 10.0 Å². The number of nitrogens with one attached hydrogen (secondary N) is 1. The van der Waals surface area contributed by atoms with Crippen LogP contribution in [0.15, 0.2) is 36.4 Å². The molecule has 0 radical (unpaired) electrons. The average Bonchev–Trinajstić information content (AvgIpc) is 2.52. The van der Waals surface area contributed by atoms with Crippen LogP contribution in [0.5, 0.6) is 0 Å². The molecule has 0 aliphatic carbocycles. The molecule has 0 atom stereocenters. The lowest BCUT2D eigenvalue weighted by molar-refractivity contribution is -0.115. The highest BCUT2D eigenvalue weighted by molar-refractivity contribution is 6.39. The third-order valence-electron chi connectivity index (χ3n) is 3.40. The van der Waals surface area contributed by atoms with Crippen LogP contribution >= 0.6 is 23.2 Å². The van der Waals surface area contributed by atoms with Gasteiger partial charge in [-0.15, -0.1) is 0 Å². The Hall–Kier alpha value is -2.57. The number of rotatable bonds is 3. The van der Waals surface area contributed by atoms with Crippen molar-refractivity contribution in [2.24, 2.45) is 0 Å². The number of amides is 1. The predicted molar refractivity (Wildman–Crippen MR) is 97.2 cm³/mol. The normalized spacial score (nSPS) is 10.8. The summed E-state index contributed by atoms with van der Waals surface area (Å²) in [6.45, 7) is 0. The lowest BCUT2D eigenvalue weighted by Gasteiger charge is -2.11. The summed E-state index contributed by atoms with van der Waals surface area (Å²) in [6.07, 6.45) is 0.194. The van der Waals surface area contributed by atoms with Crippen molar-refractivity contribution < 1.29 is 4.79 Å². The minimum Gasteiger partial charge on any atom is -0.383 e. The van der Waals surface area contributed by atoms with Gasteiger partial charge in [-0.3, -0.25) is 4.79 Å². The van der Waals surface area contributed by atoms with Crippen LogP contribution in [0.1, 0.15) is 5.56 Å². The molecule has 8 heteroatoms. The highest BCUT2D eigenvalue weighted by atomic mass is 35.5. The molecule has 0 unspecified atom stereocenters. The number of nitrogens with zero attached hydrogens (tertiary/aromatic N) is 2. The van der Waals surface area contributed by atoms with Gasteiger partial charge in [0.1, 0.15) is 5.82 Å². The second kappa shape index (κ2) is 6.51. The summed E-state index contributed by atoms with van der Waals surface area (Å²) < 4.78 is 0. The van der Waals surface area contributed by atoms with Crippen LogP contribution in [0.25, 0.3) is 10.9 Å². The Morgan fingerprint density at radius 2 is 1.75 bits per heavy atom. The monoisotopic (exact) mass is 361 g/mol. The lowest BCUT2D eigenvalue weighted by Crippen LogP contribution is -2.15. The fourth-order valence-electron chi connectivity index (χ4n) is 2.31. The zero-order valence-electron chi connectivity index (χ0n) is 12.4. The molecule has 0 aliphatic rings. The van der Waals surface area contributed by atoms with Crippen molar-refractivity contribution >= 4 is 57.5 Å². The first kappa shape index (κ1) is 16.3. The molecule has 3 rings (SSSR count). The molecule has 0 saturated carbocycles. The van der Waals surface area contributed by atoms with Gasteiger partial charge >= 0.3 is 0 Å². The van der Waals surface area contributed by atoms with Crippen LogP contribution in [0.4, 0.5) is 17.5 Å². The molecule has 1 aromatic heterocycles. The molecule has 0 aliphatic heterocycles. The molecule has 0 saturated heterocycles.